The van der Waals surface area contributed by atoms with Crippen LogP contribution in [0.3, 0.4) is 0 Å². The van der Waals surface area contributed by atoms with E-state index in [1.54, 1.807) is 0 Å². The molecule has 3 heteroatoms. The first-order valence-corrected chi connectivity index (χ1v) is 6.04. The maximum absolute atomic E-state index is 5.66. The van der Waals surface area contributed by atoms with Gasteiger partial charge >= 0.3 is 0 Å². The molecule has 1 heterocycles. The van der Waals surface area contributed by atoms with Crippen LogP contribution < -0.4 is 5.32 Å². The van der Waals surface area contributed by atoms with Crippen molar-refractivity contribution in [3.8, 4) is 0 Å². The summed E-state index contributed by atoms with van der Waals surface area (Å²) in [6, 6.07) is 8.45. The molecule has 1 atom stereocenters. The van der Waals surface area contributed by atoms with E-state index >= 15 is 0 Å². The average molecular weight is 270 g/mol. The zero-order valence-corrected chi connectivity index (χ0v) is 10.5. The van der Waals surface area contributed by atoms with E-state index in [1.807, 2.05) is 7.11 Å². The fourth-order valence-corrected chi connectivity index (χ4v) is 2.58. The Morgan fingerprint density at radius 3 is 3.00 bits per heavy atom. The highest BCUT2D eigenvalue weighted by Gasteiger charge is 2.33. The molecule has 1 N–H and O–H groups in total. The highest BCUT2D eigenvalue weighted by atomic mass is 79.9. The molecule has 2 rings (SSSR count). The van der Waals surface area contributed by atoms with Crippen LogP contribution in [0.4, 0.5) is 0 Å². The molecule has 1 aliphatic heterocycles. The van der Waals surface area contributed by atoms with Crippen LogP contribution in [0.15, 0.2) is 28.7 Å². The second-order valence-electron chi connectivity index (χ2n) is 4.12. The first kappa shape index (κ1) is 11.1. The lowest BCUT2D eigenvalue weighted by Crippen LogP contribution is -2.36. The van der Waals surface area contributed by atoms with Gasteiger partial charge in [0.1, 0.15) is 0 Å². The van der Waals surface area contributed by atoms with Gasteiger partial charge in [0.05, 0.1) is 5.60 Å². The zero-order valence-electron chi connectivity index (χ0n) is 8.92. The molecular formula is C12H16BrNO. The maximum atomic E-state index is 5.66. The van der Waals surface area contributed by atoms with Crippen molar-refractivity contribution >= 4 is 15.9 Å². The summed E-state index contributed by atoms with van der Waals surface area (Å²) in [5.41, 5.74) is 1.33. The smallest absolute Gasteiger partial charge is 0.0854 e. The Kier molecular flexibility index (Phi) is 3.44. The summed E-state index contributed by atoms with van der Waals surface area (Å²) in [7, 11) is 1.81. The third-order valence-electron chi connectivity index (χ3n) is 3.05. The van der Waals surface area contributed by atoms with Gasteiger partial charge in [0.25, 0.3) is 0 Å². The molecule has 82 valence electrons. The summed E-state index contributed by atoms with van der Waals surface area (Å²) in [5.74, 6) is 0. The van der Waals surface area contributed by atoms with E-state index < -0.39 is 0 Å². The summed E-state index contributed by atoms with van der Waals surface area (Å²) >= 11 is 3.49. The third-order valence-corrected chi connectivity index (χ3v) is 3.55. The summed E-state index contributed by atoms with van der Waals surface area (Å²) in [5, 5.41) is 3.36. The molecule has 0 amide bonds. The van der Waals surface area contributed by atoms with E-state index in [2.05, 4.69) is 45.5 Å². The van der Waals surface area contributed by atoms with E-state index in [0.717, 1.165) is 30.4 Å². The third kappa shape index (κ3) is 2.60. The minimum Gasteiger partial charge on any atom is -0.377 e. The maximum Gasteiger partial charge on any atom is 0.0854 e. The number of methoxy groups -OCH3 is 1. The summed E-state index contributed by atoms with van der Waals surface area (Å²) in [6.45, 7) is 2.01. The molecule has 0 aromatic heterocycles. The first-order valence-electron chi connectivity index (χ1n) is 5.24. The number of hydrogen-bond acceptors (Lipinski definition) is 2. The monoisotopic (exact) mass is 269 g/mol. The van der Waals surface area contributed by atoms with Crippen LogP contribution in [0.1, 0.15) is 12.0 Å². The van der Waals surface area contributed by atoms with Crippen LogP contribution in [-0.4, -0.2) is 25.8 Å². The van der Waals surface area contributed by atoms with Crippen molar-refractivity contribution in [2.24, 2.45) is 0 Å². The molecule has 1 unspecified atom stereocenters. The normalized spacial score (nSPS) is 25.7. The second kappa shape index (κ2) is 4.64. The molecule has 1 aliphatic rings. The van der Waals surface area contributed by atoms with Crippen molar-refractivity contribution in [3.63, 3.8) is 0 Å². The molecule has 1 aromatic rings. The van der Waals surface area contributed by atoms with Crippen molar-refractivity contribution < 1.29 is 4.74 Å². The lowest BCUT2D eigenvalue weighted by Gasteiger charge is -2.26. The van der Waals surface area contributed by atoms with E-state index in [9.17, 15) is 0 Å². The molecule has 0 spiro atoms. The number of benzene rings is 1. The fraction of sp³-hybridized carbons (Fsp3) is 0.500. The number of rotatable bonds is 3. The Balaban J connectivity index is 2.12. The Morgan fingerprint density at radius 2 is 2.40 bits per heavy atom. The summed E-state index contributed by atoms with van der Waals surface area (Å²) in [4.78, 5) is 0. The molecule has 2 nitrogen and oxygen atoms in total. The molecule has 1 saturated heterocycles. The highest BCUT2D eigenvalue weighted by molar-refractivity contribution is 9.10. The number of nitrogens with one attached hydrogen (secondary N) is 1. The molecular weight excluding hydrogens is 254 g/mol. The van der Waals surface area contributed by atoms with Gasteiger partial charge in [-0.2, -0.15) is 0 Å². The van der Waals surface area contributed by atoms with Gasteiger partial charge in [-0.05, 0) is 30.7 Å². The predicted molar refractivity (Wildman–Crippen MR) is 65.1 cm³/mol. The van der Waals surface area contributed by atoms with Gasteiger partial charge in [0.2, 0.25) is 0 Å². The van der Waals surface area contributed by atoms with Gasteiger partial charge < -0.3 is 10.1 Å². The van der Waals surface area contributed by atoms with Crippen LogP contribution in [-0.2, 0) is 11.2 Å². The van der Waals surface area contributed by atoms with E-state index in [4.69, 9.17) is 4.74 Å². The molecule has 0 bridgehead atoms. The van der Waals surface area contributed by atoms with Gasteiger partial charge in [-0.1, -0.05) is 28.1 Å². The van der Waals surface area contributed by atoms with Crippen molar-refractivity contribution in [2.75, 3.05) is 20.2 Å². The van der Waals surface area contributed by atoms with E-state index in [1.165, 1.54) is 5.56 Å². The topological polar surface area (TPSA) is 21.3 Å². The largest absolute Gasteiger partial charge is 0.377 e. The molecule has 0 aliphatic carbocycles. The van der Waals surface area contributed by atoms with Crippen molar-refractivity contribution in [3.05, 3.63) is 34.3 Å². The lowest BCUT2D eigenvalue weighted by molar-refractivity contribution is 0.00775. The van der Waals surface area contributed by atoms with Gasteiger partial charge in [-0.3, -0.25) is 0 Å². The van der Waals surface area contributed by atoms with Gasteiger partial charge in [-0.15, -0.1) is 0 Å². The molecule has 15 heavy (non-hydrogen) atoms. The zero-order chi connectivity index (χ0) is 10.7. The average Bonchev–Trinajstić information content (AvgIpc) is 2.67. The minimum atomic E-state index is 0.000787. The Bertz CT molecular complexity index is 334. The fourth-order valence-electron chi connectivity index (χ4n) is 2.14. The lowest BCUT2D eigenvalue weighted by atomic mass is 9.93. The molecule has 0 radical (unpaired) electrons. The van der Waals surface area contributed by atoms with E-state index in [-0.39, 0.29) is 5.60 Å². The van der Waals surface area contributed by atoms with Crippen LogP contribution in [0.5, 0.6) is 0 Å². The van der Waals surface area contributed by atoms with Gasteiger partial charge in [-0.25, -0.2) is 0 Å². The first-order chi connectivity index (χ1) is 7.24. The summed E-state index contributed by atoms with van der Waals surface area (Å²) in [6.07, 6.45) is 2.08. The van der Waals surface area contributed by atoms with Crippen LogP contribution in [0, 0.1) is 0 Å². The Labute approximate surface area is 99.1 Å². The Hall–Kier alpha value is -0.380. The number of ether oxygens (including phenoxy) is 1. The predicted octanol–water partition coefficient (Wildman–Crippen LogP) is 2.37. The number of hydrogen-bond donors (Lipinski definition) is 1. The standard InChI is InChI=1S/C12H16BrNO/c1-15-12(5-6-14-9-12)8-10-3-2-4-11(13)7-10/h2-4,7,14H,5-6,8-9H2,1H3. The van der Waals surface area contributed by atoms with Crippen molar-refractivity contribution in [1.29, 1.82) is 0 Å². The SMILES string of the molecule is COC1(Cc2cccc(Br)c2)CCNC1. The second-order valence-corrected chi connectivity index (χ2v) is 5.04. The molecule has 1 fully saturated rings. The minimum absolute atomic E-state index is 0.000787. The van der Waals surface area contributed by atoms with E-state index in [0.29, 0.717) is 0 Å². The van der Waals surface area contributed by atoms with Crippen molar-refractivity contribution in [1.82, 2.24) is 5.32 Å². The molecule has 0 saturated carbocycles. The van der Waals surface area contributed by atoms with Gasteiger partial charge in [0, 0.05) is 24.5 Å². The number of halogens is 1. The van der Waals surface area contributed by atoms with Crippen LogP contribution in [0.25, 0.3) is 0 Å². The molecule has 1 aromatic carbocycles. The summed E-state index contributed by atoms with van der Waals surface area (Å²) < 4.78 is 6.80. The van der Waals surface area contributed by atoms with Crippen molar-refractivity contribution in [2.45, 2.75) is 18.4 Å². The van der Waals surface area contributed by atoms with Crippen LogP contribution >= 0.6 is 15.9 Å². The van der Waals surface area contributed by atoms with Crippen LogP contribution in [0.2, 0.25) is 0 Å². The Morgan fingerprint density at radius 1 is 1.53 bits per heavy atom. The quantitative estimate of drug-likeness (QED) is 0.910. The van der Waals surface area contributed by atoms with Gasteiger partial charge in [0.15, 0.2) is 0 Å². The highest BCUT2D eigenvalue weighted by Crippen LogP contribution is 2.25.